The summed E-state index contributed by atoms with van der Waals surface area (Å²) in [5, 5.41) is 9.56. The minimum Gasteiger partial charge on any atom is -0.412 e. The summed E-state index contributed by atoms with van der Waals surface area (Å²) < 4.78 is 14.0. The van der Waals surface area contributed by atoms with Gasteiger partial charge in [-0.15, -0.1) is 0 Å². The van der Waals surface area contributed by atoms with Crippen LogP contribution in [0.3, 0.4) is 0 Å². The van der Waals surface area contributed by atoms with Crippen LogP contribution in [0.1, 0.15) is 15.9 Å². The van der Waals surface area contributed by atoms with E-state index >= 15 is 0 Å². The number of ether oxygens (including phenoxy) is 1. The number of aryl methyl sites for hydroxylation is 1. The van der Waals surface area contributed by atoms with Gasteiger partial charge in [-0.1, -0.05) is 0 Å². The van der Waals surface area contributed by atoms with Crippen molar-refractivity contribution in [3.05, 3.63) is 73.0 Å². The van der Waals surface area contributed by atoms with Gasteiger partial charge < -0.3 is 10.5 Å². The topological polar surface area (TPSA) is 181 Å². The first-order chi connectivity index (χ1) is 15.7. The SMILES string of the molecule is COC([CH2][Hg])Cc1cccc2cc(C(=O)O)c(=O)oc12.Cn1c(=O)c2[nH]cnc2n(C)c1=O.O.[Na+]. The van der Waals surface area contributed by atoms with Crippen molar-refractivity contribution in [2.45, 2.75) is 16.5 Å². The molecule has 177 valence electrons. The number of hydrogen-bond acceptors (Lipinski definition) is 7. The minimum atomic E-state index is -1.28. The summed E-state index contributed by atoms with van der Waals surface area (Å²) in [6.45, 7) is 0. The van der Waals surface area contributed by atoms with Crippen LogP contribution in [0.25, 0.3) is 22.1 Å². The summed E-state index contributed by atoms with van der Waals surface area (Å²) in [6.07, 6.45) is 2.17. The molecule has 0 radical (unpaired) electrons. The van der Waals surface area contributed by atoms with Gasteiger partial charge in [-0.2, -0.15) is 0 Å². The molecule has 4 aromatic rings. The van der Waals surface area contributed by atoms with Crippen molar-refractivity contribution in [3.8, 4) is 0 Å². The van der Waals surface area contributed by atoms with E-state index in [9.17, 15) is 19.2 Å². The summed E-state index contributed by atoms with van der Waals surface area (Å²) >= 11 is 0.627. The maximum Gasteiger partial charge on any atom is 1.00 e. The fourth-order valence-corrected chi connectivity index (χ4v) is 5.04. The monoisotopic (exact) mass is 684 g/mol. The van der Waals surface area contributed by atoms with Crippen LogP contribution < -0.4 is 46.4 Å². The van der Waals surface area contributed by atoms with Crippen molar-refractivity contribution < 1.29 is 80.2 Å². The smallest absolute Gasteiger partial charge is 0.412 e. The number of hydrogen-bond donors (Lipinski definition) is 2. The Bertz CT molecular complexity index is 1500. The largest absolute Gasteiger partial charge is 1.00 e. The Hall–Kier alpha value is -2.09. The van der Waals surface area contributed by atoms with Gasteiger partial charge in [0, 0.05) is 14.1 Å². The van der Waals surface area contributed by atoms with E-state index < -0.39 is 11.6 Å². The van der Waals surface area contributed by atoms with Crippen molar-refractivity contribution in [1.29, 1.82) is 0 Å². The van der Waals surface area contributed by atoms with E-state index in [1.165, 1.54) is 24.0 Å². The first-order valence-electron chi connectivity index (χ1n) is 9.89. The molecular formula is C21H23HgN4NaO8+. The van der Waals surface area contributed by atoms with Gasteiger partial charge in [-0.25, -0.2) is 9.78 Å². The first kappa shape index (κ1) is 30.9. The second kappa shape index (κ2) is 13.3. The molecule has 0 saturated heterocycles. The zero-order chi connectivity index (χ0) is 24.3. The fourth-order valence-electron chi connectivity index (χ4n) is 3.33. The van der Waals surface area contributed by atoms with Crippen molar-refractivity contribution in [2.75, 3.05) is 7.11 Å². The Morgan fingerprint density at radius 3 is 2.54 bits per heavy atom. The van der Waals surface area contributed by atoms with Gasteiger partial charge in [0.25, 0.3) is 5.56 Å². The molecule has 1 atom stereocenters. The summed E-state index contributed by atoms with van der Waals surface area (Å²) in [6, 6.07) is 6.80. The van der Waals surface area contributed by atoms with Crippen LogP contribution in [-0.2, 0) is 51.4 Å². The Morgan fingerprint density at radius 1 is 1.26 bits per heavy atom. The predicted octanol–water partition coefficient (Wildman–Crippen LogP) is -2.85. The molecule has 4 rings (SSSR count). The van der Waals surface area contributed by atoms with E-state index in [1.54, 1.807) is 20.2 Å². The second-order valence-corrected chi connectivity index (χ2v) is 9.49. The normalized spacial score (nSPS) is 11.2. The molecule has 0 aliphatic heterocycles. The Labute approximate surface area is 236 Å². The quantitative estimate of drug-likeness (QED) is 0.167. The fraction of sp³-hybridized carbons (Fsp3) is 0.286. The predicted molar refractivity (Wildman–Crippen MR) is 119 cm³/mol. The van der Waals surface area contributed by atoms with Crippen LogP contribution in [0.4, 0.5) is 0 Å². The molecule has 3 aromatic heterocycles. The Morgan fingerprint density at radius 2 is 1.94 bits per heavy atom. The van der Waals surface area contributed by atoms with Crippen LogP contribution in [0.2, 0.25) is 3.93 Å². The third kappa shape index (κ3) is 6.57. The average molecular weight is 683 g/mol. The van der Waals surface area contributed by atoms with E-state index in [0.717, 1.165) is 14.1 Å². The van der Waals surface area contributed by atoms with Gasteiger partial charge in [0.1, 0.15) is 5.52 Å². The van der Waals surface area contributed by atoms with E-state index in [4.69, 9.17) is 14.3 Å². The standard InChI is InChI=1S/C14H13O5.C7H8N4O2.Hg.Na.H2O/c1-8(18-2)6-9-4-3-5-10-7-11(13(15)16)14(17)19-12(9)10;1-10-5-4(8-3-9-5)6(12)11(2)7(10)13;;;/h3-5,7-8H,1,6H2,2H3,(H,15,16);3H,1-2H3,(H,8,9);;;1H2/q;;;+1;. The number of para-hydroxylation sites is 1. The molecule has 0 bridgehead atoms. The summed E-state index contributed by atoms with van der Waals surface area (Å²) in [5.41, 5.74) is 0.169. The van der Waals surface area contributed by atoms with Crippen LogP contribution in [0.15, 0.2) is 49.4 Å². The molecule has 0 fully saturated rings. The third-order valence-electron chi connectivity index (χ3n) is 5.20. The van der Waals surface area contributed by atoms with E-state index in [-0.39, 0.29) is 57.9 Å². The number of aromatic nitrogens is 4. The van der Waals surface area contributed by atoms with Crippen LogP contribution in [0.5, 0.6) is 0 Å². The molecule has 0 spiro atoms. The molecule has 35 heavy (non-hydrogen) atoms. The number of imidazole rings is 1. The Balaban J connectivity index is 0.000000356. The average Bonchev–Trinajstić information content (AvgIpc) is 3.30. The molecular weight excluding hydrogens is 660 g/mol. The molecule has 3 heterocycles. The van der Waals surface area contributed by atoms with Crippen molar-refractivity contribution in [1.82, 2.24) is 19.1 Å². The number of fused-ring (bicyclic) bond motifs is 2. The van der Waals surface area contributed by atoms with Gasteiger partial charge in [0.15, 0.2) is 5.65 Å². The molecule has 0 saturated carbocycles. The number of carboxylic acids is 1. The molecule has 0 amide bonds. The molecule has 1 unspecified atom stereocenters. The number of carboxylic acid groups (broad SMARTS) is 1. The van der Waals surface area contributed by atoms with E-state index in [1.807, 2.05) is 12.1 Å². The number of aromatic carboxylic acids is 1. The number of nitrogens with one attached hydrogen (secondary N) is 1. The van der Waals surface area contributed by atoms with Gasteiger partial charge >= 0.3 is 167 Å². The number of H-pyrrole nitrogens is 1. The van der Waals surface area contributed by atoms with Gasteiger partial charge in [0.05, 0.1) is 6.33 Å². The van der Waals surface area contributed by atoms with E-state index in [0.29, 0.717) is 54.7 Å². The van der Waals surface area contributed by atoms with Gasteiger partial charge in [0.2, 0.25) is 0 Å². The van der Waals surface area contributed by atoms with Crippen LogP contribution in [-0.4, -0.2) is 48.9 Å². The summed E-state index contributed by atoms with van der Waals surface area (Å²) in [5.74, 6) is -1.28. The van der Waals surface area contributed by atoms with Gasteiger partial charge in [-0.3, -0.25) is 13.9 Å². The van der Waals surface area contributed by atoms with Crippen molar-refractivity contribution >= 4 is 28.1 Å². The zero-order valence-corrected chi connectivity index (χ0v) is 27.3. The maximum atomic E-state index is 11.7. The third-order valence-corrected chi connectivity index (χ3v) is 7.71. The number of rotatable bonds is 5. The van der Waals surface area contributed by atoms with Crippen molar-refractivity contribution in [3.63, 3.8) is 0 Å². The second-order valence-electron chi connectivity index (χ2n) is 7.25. The number of aromatic amines is 1. The maximum absolute atomic E-state index is 11.7. The molecule has 0 aliphatic carbocycles. The van der Waals surface area contributed by atoms with Crippen LogP contribution in [0, 0.1) is 0 Å². The number of benzene rings is 1. The van der Waals surface area contributed by atoms with Crippen LogP contribution >= 0.6 is 0 Å². The summed E-state index contributed by atoms with van der Waals surface area (Å²) in [4.78, 5) is 52.0. The molecule has 0 aliphatic rings. The van der Waals surface area contributed by atoms with E-state index in [2.05, 4.69) is 9.97 Å². The summed E-state index contributed by atoms with van der Waals surface area (Å²) in [7, 11) is 4.68. The number of methoxy groups -OCH3 is 1. The molecule has 12 nitrogen and oxygen atoms in total. The number of nitrogens with zero attached hydrogens (tertiary/aromatic N) is 3. The van der Waals surface area contributed by atoms with Gasteiger partial charge in [-0.05, 0) is 0 Å². The Kier molecular flexibility index (Phi) is 11.7. The number of carbonyl (C=O) groups is 1. The molecule has 1 aromatic carbocycles. The van der Waals surface area contributed by atoms with Crippen molar-refractivity contribution in [2.24, 2.45) is 14.1 Å². The zero-order valence-electron chi connectivity index (χ0n) is 19.8. The molecule has 14 heteroatoms. The first-order valence-corrected chi connectivity index (χ1v) is 13.8. The minimum absolute atomic E-state index is 0. The molecule has 4 N–H and O–H groups in total.